The van der Waals surface area contributed by atoms with Crippen LogP contribution in [0.5, 0.6) is 0 Å². The summed E-state index contributed by atoms with van der Waals surface area (Å²) < 4.78 is 34.4. The van der Waals surface area contributed by atoms with Crippen LogP contribution in [-0.2, 0) is 33.2 Å². The molecule has 19 nitrogen and oxygen atoms in total. The second-order valence-electron chi connectivity index (χ2n) is 27.8. The molecular formula is C76H141NO18. The minimum atomic E-state index is -1.98. The summed E-state index contributed by atoms with van der Waals surface area (Å²) in [4.78, 5) is 13.4. The Morgan fingerprint density at radius 3 is 1.05 bits per heavy atom. The molecule has 95 heavy (non-hydrogen) atoms. The number of rotatable bonds is 61. The maximum Gasteiger partial charge on any atom is 0.220 e. The predicted molar refractivity (Wildman–Crippen MR) is 374 cm³/mol. The van der Waals surface area contributed by atoms with Crippen LogP contribution in [0.3, 0.4) is 0 Å². The molecule has 0 aromatic carbocycles. The van der Waals surface area contributed by atoms with Crippen LogP contribution < -0.4 is 5.32 Å². The Kier molecular flexibility index (Phi) is 52.9. The van der Waals surface area contributed by atoms with Gasteiger partial charge < -0.3 is 89.9 Å². The third-order valence-electron chi connectivity index (χ3n) is 19.4. The zero-order chi connectivity index (χ0) is 68.9. The number of carbonyl (C=O) groups excluding carboxylic acids is 1. The monoisotopic (exact) mass is 1360 g/mol. The van der Waals surface area contributed by atoms with Crippen molar-refractivity contribution in [1.29, 1.82) is 0 Å². The zero-order valence-electron chi connectivity index (χ0n) is 59.4. The lowest BCUT2D eigenvalue weighted by atomic mass is 9.96. The van der Waals surface area contributed by atoms with E-state index in [1.807, 2.05) is 6.08 Å². The van der Waals surface area contributed by atoms with E-state index < -0.39 is 124 Å². The van der Waals surface area contributed by atoms with Gasteiger partial charge in [-0.05, 0) is 44.9 Å². The summed E-state index contributed by atoms with van der Waals surface area (Å²) in [5.74, 6) is -0.283. The molecule has 0 aliphatic carbocycles. The second-order valence-corrected chi connectivity index (χ2v) is 27.8. The van der Waals surface area contributed by atoms with E-state index >= 15 is 0 Å². The van der Waals surface area contributed by atoms with Crippen molar-refractivity contribution < 1.29 is 89.4 Å². The molecule has 19 heteroatoms. The van der Waals surface area contributed by atoms with Crippen LogP contribution in [0.15, 0.2) is 36.5 Å². The van der Waals surface area contributed by atoms with Gasteiger partial charge in [0.1, 0.15) is 73.2 Å². The number of aliphatic hydroxyl groups excluding tert-OH is 11. The number of unbranched alkanes of at least 4 members (excludes halogenated alkanes) is 41. The van der Waals surface area contributed by atoms with E-state index in [1.54, 1.807) is 6.08 Å². The second kappa shape index (κ2) is 57.6. The number of hydrogen-bond acceptors (Lipinski definition) is 18. The molecule has 0 aromatic heterocycles. The molecule has 0 aromatic rings. The number of nitrogens with one attached hydrogen (secondary N) is 1. The first-order valence-electron chi connectivity index (χ1n) is 38.7. The summed E-state index contributed by atoms with van der Waals surface area (Å²) in [7, 11) is 0. The molecule has 17 atom stereocenters. The molecular weight excluding hydrogens is 1210 g/mol. The van der Waals surface area contributed by atoms with E-state index in [4.69, 9.17) is 28.4 Å². The fourth-order valence-corrected chi connectivity index (χ4v) is 13.2. The Labute approximate surface area is 574 Å². The van der Waals surface area contributed by atoms with Crippen LogP contribution in [0.1, 0.15) is 309 Å². The average Bonchev–Trinajstić information content (AvgIpc) is 0.787. The van der Waals surface area contributed by atoms with Crippen molar-refractivity contribution in [1.82, 2.24) is 5.32 Å². The lowest BCUT2D eigenvalue weighted by molar-refractivity contribution is -0.379. The van der Waals surface area contributed by atoms with Gasteiger partial charge in [-0.15, -0.1) is 0 Å². The van der Waals surface area contributed by atoms with Gasteiger partial charge >= 0.3 is 0 Å². The normalized spacial score (nSPS) is 27.4. The van der Waals surface area contributed by atoms with E-state index in [2.05, 4.69) is 43.5 Å². The molecule has 1 amide bonds. The summed E-state index contributed by atoms with van der Waals surface area (Å²) in [6.45, 7) is 1.76. The molecule has 0 saturated carbocycles. The van der Waals surface area contributed by atoms with E-state index in [9.17, 15) is 61.0 Å². The van der Waals surface area contributed by atoms with Gasteiger partial charge in [-0.25, -0.2) is 0 Å². The molecule has 3 rings (SSSR count). The third-order valence-corrected chi connectivity index (χ3v) is 19.4. The van der Waals surface area contributed by atoms with Crippen molar-refractivity contribution in [2.24, 2.45) is 0 Å². The first-order valence-corrected chi connectivity index (χ1v) is 38.7. The van der Waals surface area contributed by atoms with E-state index in [0.717, 1.165) is 44.9 Å². The molecule has 12 N–H and O–H groups in total. The SMILES string of the molecule is CCCCCCCCCCCCCCC/C=C/CC/C=C/CC/C=C/C(O)C(COC1OC(CO)C(OC2OC(CO)C(OC3OC(CO)C(O)C(O)C3O)C(O)C2O)C(O)C1O)NC(=O)CCCCCCCCCCCCCCCCCCCCCCCCCCCCC. The lowest BCUT2D eigenvalue weighted by Gasteiger charge is -2.48. The fraction of sp³-hybridized carbons (Fsp3) is 0.908. The molecule has 0 spiro atoms. The number of ether oxygens (including phenoxy) is 6. The number of aliphatic hydroxyl groups is 11. The molecule has 3 aliphatic rings. The van der Waals surface area contributed by atoms with E-state index in [0.29, 0.717) is 12.8 Å². The van der Waals surface area contributed by atoms with Crippen LogP contribution in [-0.4, -0.2) is 193 Å². The van der Waals surface area contributed by atoms with Gasteiger partial charge in [0, 0.05) is 6.42 Å². The molecule has 3 saturated heterocycles. The van der Waals surface area contributed by atoms with Crippen LogP contribution in [0.25, 0.3) is 0 Å². The average molecular weight is 1360 g/mol. The third kappa shape index (κ3) is 38.6. The van der Waals surface area contributed by atoms with Crippen molar-refractivity contribution in [3.63, 3.8) is 0 Å². The van der Waals surface area contributed by atoms with Gasteiger partial charge in [0.2, 0.25) is 5.91 Å². The Balaban J connectivity index is 1.41. The lowest BCUT2D eigenvalue weighted by Crippen LogP contribution is -2.66. The highest BCUT2D eigenvalue weighted by atomic mass is 16.8. The van der Waals surface area contributed by atoms with Crippen LogP contribution in [0.2, 0.25) is 0 Å². The number of allylic oxidation sites excluding steroid dienone is 5. The smallest absolute Gasteiger partial charge is 0.220 e. The number of carbonyl (C=O) groups is 1. The highest BCUT2D eigenvalue weighted by molar-refractivity contribution is 5.76. The Hall–Kier alpha value is -1.99. The van der Waals surface area contributed by atoms with Gasteiger partial charge in [0.05, 0.1) is 38.6 Å². The highest BCUT2D eigenvalue weighted by Crippen LogP contribution is 2.33. The Morgan fingerprint density at radius 2 is 0.674 bits per heavy atom. The van der Waals surface area contributed by atoms with Crippen molar-refractivity contribution in [2.75, 3.05) is 26.4 Å². The van der Waals surface area contributed by atoms with Gasteiger partial charge in [0.25, 0.3) is 0 Å². The molecule has 3 aliphatic heterocycles. The quantitative estimate of drug-likeness (QED) is 0.0199. The summed E-state index contributed by atoms with van der Waals surface area (Å²) in [5.41, 5.74) is 0. The van der Waals surface area contributed by atoms with Crippen molar-refractivity contribution in [2.45, 2.75) is 413 Å². The fourth-order valence-electron chi connectivity index (χ4n) is 13.2. The standard InChI is InChI=1S/C76H141NO18/c1-3-5-7-9-11-13-15-17-19-21-23-25-27-28-29-30-32-34-36-38-40-42-44-46-48-50-52-54-64(82)77-59(60(81)53-51-49-47-45-43-41-39-37-35-33-31-26-24-22-20-18-16-14-12-10-8-6-4-2)58-90-74-70(88)67(85)72(62(56-79)92-74)95-76-71(89)68(86)73(63(57-80)93-76)94-75-69(87)66(84)65(83)61(55-78)91-75/h35,37,43,45,51,53,59-63,65-76,78-81,83-89H,3-34,36,38-42,44,46-50,52,54-58H2,1-2H3,(H,77,82)/b37-35+,45-43+,53-51+. The maximum absolute atomic E-state index is 13.4. The van der Waals surface area contributed by atoms with Crippen molar-refractivity contribution >= 4 is 5.91 Å². The highest BCUT2D eigenvalue weighted by Gasteiger charge is 2.53. The molecule has 558 valence electrons. The summed E-state index contributed by atoms with van der Waals surface area (Å²) in [5, 5.41) is 121. The van der Waals surface area contributed by atoms with Gasteiger partial charge in [-0.1, -0.05) is 294 Å². The summed E-state index contributed by atoms with van der Waals surface area (Å²) >= 11 is 0. The van der Waals surface area contributed by atoms with Gasteiger partial charge in [-0.3, -0.25) is 4.79 Å². The number of hydrogen-bond donors (Lipinski definition) is 12. The molecule has 0 bridgehead atoms. The molecule has 3 fully saturated rings. The van der Waals surface area contributed by atoms with Crippen LogP contribution >= 0.6 is 0 Å². The van der Waals surface area contributed by atoms with Crippen LogP contribution in [0, 0.1) is 0 Å². The van der Waals surface area contributed by atoms with Crippen molar-refractivity contribution in [3.8, 4) is 0 Å². The van der Waals surface area contributed by atoms with Gasteiger partial charge in [0.15, 0.2) is 18.9 Å². The molecule has 17 unspecified atom stereocenters. The maximum atomic E-state index is 13.4. The van der Waals surface area contributed by atoms with E-state index in [-0.39, 0.29) is 18.9 Å². The largest absolute Gasteiger partial charge is 0.394 e. The summed E-state index contributed by atoms with van der Waals surface area (Å²) in [6.07, 6.45) is 42.8. The number of amides is 1. The zero-order valence-corrected chi connectivity index (χ0v) is 59.4. The van der Waals surface area contributed by atoms with Crippen LogP contribution in [0.4, 0.5) is 0 Å². The molecule has 3 heterocycles. The topological polar surface area (TPSA) is 307 Å². The van der Waals surface area contributed by atoms with Gasteiger partial charge in [-0.2, -0.15) is 0 Å². The Morgan fingerprint density at radius 1 is 0.368 bits per heavy atom. The minimum absolute atomic E-state index is 0.236. The first-order chi connectivity index (χ1) is 46.3. The van der Waals surface area contributed by atoms with E-state index in [1.165, 1.54) is 231 Å². The minimum Gasteiger partial charge on any atom is -0.394 e. The Bertz CT molecular complexity index is 1860. The molecule has 0 radical (unpaired) electrons. The van der Waals surface area contributed by atoms with Crippen molar-refractivity contribution in [3.05, 3.63) is 36.5 Å². The summed E-state index contributed by atoms with van der Waals surface area (Å²) in [6, 6.07) is -0.995. The predicted octanol–water partition coefficient (Wildman–Crippen LogP) is 11.9. The first kappa shape index (κ1) is 87.2.